The van der Waals surface area contributed by atoms with Crippen LogP contribution in [0.1, 0.15) is 43.6 Å². The van der Waals surface area contributed by atoms with E-state index in [4.69, 9.17) is 4.74 Å². The minimum absolute atomic E-state index is 0.0210. The number of ether oxygens (including phenoxy) is 1. The molecule has 1 amide bonds. The molecule has 24 heavy (non-hydrogen) atoms. The molecule has 1 unspecified atom stereocenters. The smallest absolute Gasteiger partial charge is 0.410 e. The van der Waals surface area contributed by atoms with Gasteiger partial charge in [-0.2, -0.15) is 0 Å². The minimum Gasteiger partial charge on any atom is -0.450 e. The largest absolute Gasteiger partial charge is 0.450 e. The molecule has 1 atom stereocenters. The molecule has 5 heteroatoms. The van der Waals surface area contributed by atoms with Gasteiger partial charge >= 0.3 is 6.09 Å². The van der Waals surface area contributed by atoms with E-state index < -0.39 is 0 Å². The van der Waals surface area contributed by atoms with Gasteiger partial charge < -0.3 is 9.64 Å². The quantitative estimate of drug-likeness (QED) is 0.795. The van der Waals surface area contributed by atoms with Crippen LogP contribution < -0.4 is 0 Å². The van der Waals surface area contributed by atoms with Crippen molar-refractivity contribution in [1.82, 2.24) is 9.80 Å². The lowest BCUT2D eigenvalue weighted by Gasteiger charge is -2.46. The summed E-state index contributed by atoms with van der Waals surface area (Å²) in [5.74, 6) is 0. The van der Waals surface area contributed by atoms with Gasteiger partial charge in [-0.3, -0.25) is 9.69 Å². The molecule has 0 saturated carbocycles. The van der Waals surface area contributed by atoms with Crippen molar-refractivity contribution in [3.8, 4) is 0 Å². The number of amides is 1. The lowest BCUT2D eigenvalue weighted by Crippen LogP contribution is -2.59. The van der Waals surface area contributed by atoms with Gasteiger partial charge in [0.1, 0.15) is 6.29 Å². The maximum Gasteiger partial charge on any atom is 0.410 e. The van der Waals surface area contributed by atoms with E-state index in [1.54, 1.807) is 0 Å². The predicted octanol–water partition coefficient (Wildman–Crippen LogP) is 3.19. The fraction of sp³-hybridized carbons (Fsp3) is 0.579. The van der Waals surface area contributed by atoms with Gasteiger partial charge in [0.25, 0.3) is 0 Å². The van der Waals surface area contributed by atoms with Crippen molar-refractivity contribution < 1.29 is 14.3 Å². The number of aldehydes is 1. The number of piperazine rings is 1. The van der Waals surface area contributed by atoms with Gasteiger partial charge in [-0.1, -0.05) is 45.0 Å². The van der Waals surface area contributed by atoms with Crippen LogP contribution in [-0.4, -0.2) is 54.5 Å². The van der Waals surface area contributed by atoms with E-state index in [-0.39, 0.29) is 17.6 Å². The van der Waals surface area contributed by atoms with Crippen LogP contribution in [0.5, 0.6) is 0 Å². The highest BCUT2D eigenvalue weighted by Crippen LogP contribution is 2.29. The molecular weight excluding hydrogens is 304 g/mol. The molecule has 132 valence electrons. The van der Waals surface area contributed by atoms with Gasteiger partial charge in [0, 0.05) is 31.7 Å². The maximum absolute atomic E-state index is 12.2. The average molecular weight is 332 g/mol. The van der Waals surface area contributed by atoms with Crippen molar-refractivity contribution in [2.24, 2.45) is 5.41 Å². The van der Waals surface area contributed by atoms with E-state index in [9.17, 15) is 9.59 Å². The topological polar surface area (TPSA) is 49.9 Å². The molecule has 1 heterocycles. The molecule has 1 saturated heterocycles. The van der Waals surface area contributed by atoms with E-state index in [1.165, 1.54) is 5.56 Å². The Hall–Kier alpha value is -1.88. The predicted molar refractivity (Wildman–Crippen MR) is 94.1 cm³/mol. The summed E-state index contributed by atoms with van der Waals surface area (Å²) in [6, 6.07) is 7.79. The molecule has 0 spiro atoms. The molecule has 0 bridgehead atoms. The first-order chi connectivity index (χ1) is 11.3. The molecular formula is C19H28N2O3. The molecule has 1 aromatic rings. The summed E-state index contributed by atoms with van der Waals surface area (Å²) >= 11 is 0. The van der Waals surface area contributed by atoms with Crippen molar-refractivity contribution in [2.45, 2.75) is 40.3 Å². The number of hydrogen-bond acceptors (Lipinski definition) is 4. The molecule has 2 rings (SSSR count). The van der Waals surface area contributed by atoms with Gasteiger partial charge in [0.15, 0.2) is 0 Å². The number of rotatable bonds is 4. The highest BCUT2D eigenvalue weighted by Gasteiger charge is 2.38. The van der Waals surface area contributed by atoms with Gasteiger partial charge in [0.05, 0.1) is 12.6 Å². The second kappa shape index (κ2) is 7.79. The summed E-state index contributed by atoms with van der Waals surface area (Å²) in [7, 11) is 0. The van der Waals surface area contributed by atoms with E-state index in [0.29, 0.717) is 18.7 Å². The average Bonchev–Trinajstić information content (AvgIpc) is 2.55. The van der Waals surface area contributed by atoms with E-state index in [2.05, 4.69) is 25.7 Å². The molecule has 0 radical (unpaired) electrons. The molecule has 0 N–H and O–H groups in total. The van der Waals surface area contributed by atoms with Crippen LogP contribution in [0.4, 0.5) is 4.79 Å². The van der Waals surface area contributed by atoms with Crippen molar-refractivity contribution in [3.63, 3.8) is 0 Å². The van der Waals surface area contributed by atoms with Gasteiger partial charge in [0.2, 0.25) is 0 Å². The van der Waals surface area contributed by atoms with E-state index in [1.807, 2.05) is 36.1 Å². The van der Waals surface area contributed by atoms with Crippen LogP contribution in [0.15, 0.2) is 24.3 Å². The first kappa shape index (κ1) is 18.5. The summed E-state index contributed by atoms with van der Waals surface area (Å²) in [6.45, 7) is 11.8. The molecule has 0 aromatic heterocycles. The van der Waals surface area contributed by atoms with E-state index in [0.717, 1.165) is 25.9 Å². The molecule has 1 aliphatic rings. The van der Waals surface area contributed by atoms with Crippen LogP contribution in [-0.2, 0) is 11.3 Å². The third kappa shape index (κ3) is 4.57. The fourth-order valence-corrected chi connectivity index (χ4v) is 3.11. The third-order valence-corrected chi connectivity index (χ3v) is 4.49. The number of nitrogens with zero attached hydrogens (tertiary/aromatic N) is 2. The standard InChI is InChI=1S/C19H28N2O3/c1-5-24-18(23)21-11-10-20(13-17(21)19(2,3)4)12-15-6-8-16(14-22)9-7-15/h6-9,14,17H,5,10-13H2,1-4H3. The SMILES string of the molecule is CCOC(=O)N1CCN(Cc2ccc(C=O)cc2)CC1C(C)(C)C. The van der Waals surface area contributed by atoms with E-state index >= 15 is 0 Å². The van der Waals surface area contributed by atoms with Gasteiger partial charge in [-0.25, -0.2) is 4.79 Å². The lowest BCUT2D eigenvalue weighted by molar-refractivity contribution is 0.00768. The molecule has 1 aliphatic heterocycles. The zero-order valence-electron chi connectivity index (χ0n) is 15.1. The van der Waals surface area contributed by atoms with Crippen molar-refractivity contribution in [3.05, 3.63) is 35.4 Å². The Morgan fingerprint density at radius 3 is 2.46 bits per heavy atom. The highest BCUT2D eigenvalue weighted by molar-refractivity contribution is 5.74. The van der Waals surface area contributed by atoms with Crippen molar-refractivity contribution in [1.29, 1.82) is 0 Å². The Balaban J connectivity index is 2.07. The molecule has 1 fully saturated rings. The molecule has 5 nitrogen and oxygen atoms in total. The summed E-state index contributed by atoms with van der Waals surface area (Å²) < 4.78 is 5.22. The Morgan fingerprint density at radius 2 is 1.92 bits per heavy atom. The summed E-state index contributed by atoms with van der Waals surface area (Å²) in [5.41, 5.74) is 1.85. The number of carbonyl (C=O) groups is 2. The number of benzene rings is 1. The van der Waals surface area contributed by atoms with Crippen molar-refractivity contribution in [2.75, 3.05) is 26.2 Å². The van der Waals surface area contributed by atoms with Crippen LogP contribution >= 0.6 is 0 Å². The van der Waals surface area contributed by atoms with Crippen LogP contribution in [0.25, 0.3) is 0 Å². The van der Waals surface area contributed by atoms with Crippen LogP contribution in [0.3, 0.4) is 0 Å². The first-order valence-corrected chi connectivity index (χ1v) is 8.55. The highest BCUT2D eigenvalue weighted by atomic mass is 16.6. The summed E-state index contributed by atoms with van der Waals surface area (Å²) in [6.07, 6.45) is 0.643. The second-order valence-corrected chi connectivity index (χ2v) is 7.37. The number of carbonyl (C=O) groups excluding carboxylic acids is 2. The normalized spacial score (nSPS) is 19.2. The zero-order chi connectivity index (χ0) is 17.7. The van der Waals surface area contributed by atoms with Crippen molar-refractivity contribution >= 4 is 12.4 Å². The molecule has 1 aromatic carbocycles. The Labute approximate surface area is 144 Å². The van der Waals surface area contributed by atoms with Crippen LogP contribution in [0.2, 0.25) is 0 Å². The Morgan fingerprint density at radius 1 is 1.25 bits per heavy atom. The first-order valence-electron chi connectivity index (χ1n) is 8.55. The Kier molecular flexibility index (Phi) is 5.99. The van der Waals surface area contributed by atoms with Gasteiger partial charge in [-0.05, 0) is 17.9 Å². The lowest BCUT2D eigenvalue weighted by atomic mass is 9.84. The summed E-state index contributed by atoms with van der Waals surface area (Å²) in [4.78, 5) is 27.2. The zero-order valence-corrected chi connectivity index (χ0v) is 15.1. The Bertz CT molecular complexity index is 563. The fourth-order valence-electron chi connectivity index (χ4n) is 3.11. The van der Waals surface area contributed by atoms with Gasteiger partial charge in [-0.15, -0.1) is 0 Å². The monoisotopic (exact) mass is 332 g/mol. The third-order valence-electron chi connectivity index (χ3n) is 4.49. The maximum atomic E-state index is 12.2. The molecule has 0 aliphatic carbocycles. The van der Waals surface area contributed by atoms with Crippen LogP contribution in [0, 0.1) is 5.41 Å². The second-order valence-electron chi connectivity index (χ2n) is 7.37. The summed E-state index contributed by atoms with van der Waals surface area (Å²) in [5, 5.41) is 0. The minimum atomic E-state index is -0.215. The number of hydrogen-bond donors (Lipinski definition) is 0.